The molecule has 1 rings (SSSR count). The topological polar surface area (TPSA) is 24.5 Å². The van der Waals surface area contributed by atoms with E-state index in [9.17, 15) is 0 Å². The number of nitrogens with zero attached hydrogens (tertiary/aromatic N) is 1. The number of thiocarbonyl (C=S) groups is 1. The lowest BCUT2D eigenvalue weighted by Crippen LogP contribution is -2.40. The summed E-state index contributed by atoms with van der Waals surface area (Å²) in [5.74, 6) is 0. The van der Waals surface area contributed by atoms with Crippen LogP contribution in [-0.2, 0) is 4.74 Å². The van der Waals surface area contributed by atoms with Gasteiger partial charge in [-0.25, -0.2) is 0 Å². The van der Waals surface area contributed by atoms with Gasteiger partial charge in [-0.1, -0.05) is 12.2 Å². The lowest BCUT2D eigenvalue weighted by molar-refractivity contribution is 0.0389. The quantitative estimate of drug-likeness (QED) is 0.642. The highest BCUT2D eigenvalue weighted by Gasteiger charge is 2.08. The number of ether oxygens (including phenoxy) is 1. The zero-order valence-electron chi connectivity index (χ0n) is 7.51. The number of morpholine rings is 1. The smallest absolute Gasteiger partial charge is 0.0722 e. The molecule has 0 spiro atoms. The fourth-order valence-corrected chi connectivity index (χ4v) is 1.32. The Balaban J connectivity index is 2.01. The Morgan fingerprint density at radius 2 is 2.17 bits per heavy atom. The van der Waals surface area contributed by atoms with Crippen molar-refractivity contribution in [3.05, 3.63) is 0 Å². The van der Waals surface area contributed by atoms with Gasteiger partial charge in [-0.3, -0.25) is 4.90 Å². The number of hydrogen-bond donors (Lipinski definition) is 1. The number of hydrogen-bond acceptors (Lipinski definition) is 3. The molecule has 12 heavy (non-hydrogen) atoms. The van der Waals surface area contributed by atoms with Gasteiger partial charge in [0.15, 0.2) is 0 Å². The highest BCUT2D eigenvalue weighted by molar-refractivity contribution is 7.80. The number of rotatable bonds is 3. The second-order valence-corrected chi connectivity index (χ2v) is 3.55. The van der Waals surface area contributed by atoms with Crippen molar-refractivity contribution < 1.29 is 4.74 Å². The van der Waals surface area contributed by atoms with Crippen LogP contribution in [0.15, 0.2) is 0 Å². The Bertz CT molecular complexity index is 146. The molecule has 0 amide bonds. The third-order valence-corrected chi connectivity index (χ3v) is 2.05. The first kappa shape index (κ1) is 9.89. The van der Waals surface area contributed by atoms with Crippen LogP contribution in [0.5, 0.6) is 0 Å². The van der Waals surface area contributed by atoms with Crippen LogP contribution in [0.1, 0.15) is 6.92 Å². The summed E-state index contributed by atoms with van der Waals surface area (Å²) in [6, 6.07) is 0. The maximum Gasteiger partial charge on any atom is 0.0722 e. The standard InChI is InChI=1S/C8H16N2OS/c1-8(12)9-2-3-10-4-6-11-7-5-10/h2-7H2,1H3,(H,9,12). The van der Waals surface area contributed by atoms with E-state index in [2.05, 4.69) is 10.2 Å². The summed E-state index contributed by atoms with van der Waals surface area (Å²) in [6.45, 7) is 7.78. The predicted octanol–water partition coefficient (Wildman–Crippen LogP) is 0.255. The van der Waals surface area contributed by atoms with Crippen molar-refractivity contribution in [2.24, 2.45) is 0 Å². The molecule has 1 aliphatic rings. The lowest BCUT2D eigenvalue weighted by atomic mass is 10.4. The van der Waals surface area contributed by atoms with E-state index in [1.165, 1.54) is 0 Å². The Morgan fingerprint density at radius 3 is 2.75 bits per heavy atom. The van der Waals surface area contributed by atoms with Gasteiger partial charge in [0.05, 0.1) is 18.2 Å². The summed E-state index contributed by atoms with van der Waals surface area (Å²) in [7, 11) is 0. The van der Waals surface area contributed by atoms with Crippen LogP contribution in [0, 0.1) is 0 Å². The van der Waals surface area contributed by atoms with Gasteiger partial charge in [-0.05, 0) is 6.92 Å². The van der Waals surface area contributed by atoms with Crippen LogP contribution >= 0.6 is 12.2 Å². The van der Waals surface area contributed by atoms with Crippen LogP contribution in [0.3, 0.4) is 0 Å². The first-order valence-electron chi connectivity index (χ1n) is 4.33. The molecule has 70 valence electrons. The van der Waals surface area contributed by atoms with E-state index >= 15 is 0 Å². The minimum Gasteiger partial charge on any atom is -0.379 e. The van der Waals surface area contributed by atoms with Crippen molar-refractivity contribution in [3.8, 4) is 0 Å². The molecule has 0 unspecified atom stereocenters. The van der Waals surface area contributed by atoms with Gasteiger partial charge < -0.3 is 10.1 Å². The summed E-state index contributed by atoms with van der Waals surface area (Å²) in [4.78, 5) is 3.26. The molecular weight excluding hydrogens is 172 g/mol. The molecule has 0 aliphatic carbocycles. The molecule has 0 aromatic rings. The molecule has 0 atom stereocenters. The summed E-state index contributed by atoms with van der Waals surface area (Å²) in [5, 5.41) is 3.14. The maximum atomic E-state index is 5.24. The van der Waals surface area contributed by atoms with Crippen molar-refractivity contribution in [1.29, 1.82) is 0 Å². The van der Waals surface area contributed by atoms with Gasteiger partial charge in [-0.2, -0.15) is 0 Å². The fraction of sp³-hybridized carbons (Fsp3) is 0.875. The van der Waals surface area contributed by atoms with Gasteiger partial charge >= 0.3 is 0 Å². The first-order valence-corrected chi connectivity index (χ1v) is 4.74. The van der Waals surface area contributed by atoms with E-state index in [-0.39, 0.29) is 0 Å². The highest BCUT2D eigenvalue weighted by Crippen LogP contribution is 1.94. The molecule has 0 aromatic carbocycles. The molecule has 1 heterocycles. The van der Waals surface area contributed by atoms with Crippen molar-refractivity contribution in [2.75, 3.05) is 39.4 Å². The van der Waals surface area contributed by atoms with Crippen molar-refractivity contribution in [2.45, 2.75) is 6.92 Å². The summed E-state index contributed by atoms with van der Waals surface area (Å²) in [6.07, 6.45) is 0. The molecule has 0 saturated carbocycles. The van der Waals surface area contributed by atoms with Crippen LogP contribution in [0.4, 0.5) is 0 Å². The van der Waals surface area contributed by atoms with Crippen LogP contribution in [0.25, 0.3) is 0 Å². The highest BCUT2D eigenvalue weighted by atomic mass is 32.1. The molecule has 1 aliphatic heterocycles. The van der Waals surface area contributed by atoms with Crippen molar-refractivity contribution in [3.63, 3.8) is 0 Å². The second kappa shape index (κ2) is 5.45. The first-order chi connectivity index (χ1) is 5.79. The van der Waals surface area contributed by atoms with Gasteiger partial charge in [-0.15, -0.1) is 0 Å². The van der Waals surface area contributed by atoms with Crippen LogP contribution in [-0.4, -0.2) is 49.3 Å². The Morgan fingerprint density at radius 1 is 1.50 bits per heavy atom. The van der Waals surface area contributed by atoms with Gasteiger partial charge in [0.1, 0.15) is 0 Å². The average Bonchev–Trinajstić information content (AvgIpc) is 2.05. The van der Waals surface area contributed by atoms with Crippen molar-refractivity contribution in [1.82, 2.24) is 10.2 Å². The second-order valence-electron chi connectivity index (χ2n) is 2.94. The Labute approximate surface area is 79.1 Å². The SMILES string of the molecule is CC(=S)NCCN1CCOCC1. The minimum absolute atomic E-state index is 0.872. The third-order valence-electron chi connectivity index (χ3n) is 1.91. The van der Waals surface area contributed by atoms with Gasteiger partial charge in [0.25, 0.3) is 0 Å². The lowest BCUT2D eigenvalue weighted by Gasteiger charge is -2.26. The monoisotopic (exact) mass is 188 g/mol. The minimum atomic E-state index is 0.872. The van der Waals surface area contributed by atoms with E-state index in [4.69, 9.17) is 17.0 Å². The molecule has 4 heteroatoms. The van der Waals surface area contributed by atoms with E-state index in [1.807, 2.05) is 6.92 Å². The molecule has 0 aromatic heterocycles. The van der Waals surface area contributed by atoms with Crippen LogP contribution in [0.2, 0.25) is 0 Å². The summed E-state index contributed by atoms with van der Waals surface area (Å²) in [5.41, 5.74) is 0. The molecule has 3 nitrogen and oxygen atoms in total. The third kappa shape index (κ3) is 3.99. The summed E-state index contributed by atoms with van der Waals surface area (Å²) >= 11 is 4.91. The van der Waals surface area contributed by atoms with E-state index in [0.717, 1.165) is 44.4 Å². The maximum absolute atomic E-state index is 5.24. The van der Waals surface area contributed by atoms with Gasteiger partial charge in [0.2, 0.25) is 0 Å². The molecule has 0 radical (unpaired) electrons. The zero-order chi connectivity index (χ0) is 8.81. The fourth-order valence-electron chi connectivity index (χ4n) is 1.21. The summed E-state index contributed by atoms with van der Waals surface area (Å²) < 4.78 is 5.24. The van der Waals surface area contributed by atoms with E-state index in [1.54, 1.807) is 0 Å². The van der Waals surface area contributed by atoms with E-state index < -0.39 is 0 Å². The molecule has 1 saturated heterocycles. The normalized spacial score (nSPS) is 19.1. The van der Waals surface area contributed by atoms with Crippen LogP contribution < -0.4 is 5.32 Å². The number of nitrogens with one attached hydrogen (secondary N) is 1. The zero-order valence-corrected chi connectivity index (χ0v) is 8.32. The molecule has 1 fully saturated rings. The average molecular weight is 188 g/mol. The van der Waals surface area contributed by atoms with E-state index in [0.29, 0.717) is 0 Å². The largest absolute Gasteiger partial charge is 0.379 e. The molecule has 1 N–H and O–H groups in total. The molecule has 0 bridgehead atoms. The molecular formula is C8H16N2OS. The Kier molecular flexibility index (Phi) is 4.50. The Hall–Kier alpha value is -0.190. The predicted molar refractivity (Wildman–Crippen MR) is 53.5 cm³/mol. The van der Waals surface area contributed by atoms with Gasteiger partial charge in [0, 0.05) is 26.2 Å². The van der Waals surface area contributed by atoms with Crippen molar-refractivity contribution >= 4 is 17.2 Å².